The number of nitrogens with zero attached hydrogens (tertiary/aromatic N) is 2. The van der Waals surface area contributed by atoms with Gasteiger partial charge in [-0.2, -0.15) is 11.8 Å². The van der Waals surface area contributed by atoms with E-state index in [9.17, 15) is 0 Å². The Morgan fingerprint density at radius 1 is 1.36 bits per heavy atom. The Bertz CT molecular complexity index is 301. The minimum Gasteiger partial charge on any atom is -0.351 e. The summed E-state index contributed by atoms with van der Waals surface area (Å²) in [5, 5.41) is 3.38. The smallest absolute Gasteiger partial charge is 0.223 e. The third-order valence-electron chi connectivity index (χ3n) is 2.25. The SMILES string of the molecule is Cc1cc(C)nc(NC2CCSC2)n1. The van der Waals surface area contributed by atoms with Gasteiger partial charge in [0.15, 0.2) is 0 Å². The topological polar surface area (TPSA) is 37.8 Å². The molecule has 0 amide bonds. The van der Waals surface area contributed by atoms with Crippen molar-refractivity contribution in [2.45, 2.75) is 26.3 Å². The van der Waals surface area contributed by atoms with Crippen LogP contribution in [0, 0.1) is 13.8 Å². The summed E-state index contributed by atoms with van der Waals surface area (Å²) in [6, 6.07) is 2.55. The zero-order valence-electron chi connectivity index (χ0n) is 8.58. The van der Waals surface area contributed by atoms with Crippen molar-refractivity contribution in [2.75, 3.05) is 16.8 Å². The summed E-state index contributed by atoms with van der Waals surface area (Å²) in [4.78, 5) is 8.73. The minimum atomic E-state index is 0.557. The molecule has 76 valence electrons. The molecular weight excluding hydrogens is 194 g/mol. The Kier molecular flexibility index (Phi) is 2.91. The average molecular weight is 209 g/mol. The molecule has 4 heteroatoms. The van der Waals surface area contributed by atoms with Gasteiger partial charge in [-0.3, -0.25) is 0 Å². The zero-order valence-corrected chi connectivity index (χ0v) is 9.40. The molecule has 1 atom stereocenters. The lowest BCUT2D eigenvalue weighted by Gasteiger charge is -2.11. The summed E-state index contributed by atoms with van der Waals surface area (Å²) in [6.07, 6.45) is 1.22. The molecule has 14 heavy (non-hydrogen) atoms. The van der Waals surface area contributed by atoms with Crippen molar-refractivity contribution < 1.29 is 0 Å². The molecule has 0 aromatic carbocycles. The predicted molar refractivity (Wildman–Crippen MR) is 60.9 cm³/mol. The molecule has 1 fully saturated rings. The van der Waals surface area contributed by atoms with Gasteiger partial charge in [0.1, 0.15) is 0 Å². The third-order valence-corrected chi connectivity index (χ3v) is 3.41. The van der Waals surface area contributed by atoms with Crippen LogP contribution in [-0.4, -0.2) is 27.5 Å². The van der Waals surface area contributed by atoms with Crippen molar-refractivity contribution in [3.63, 3.8) is 0 Å². The first-order valence-electron chi connectivity index (χ1n) is 4.90. The van der Waals surface area contributed by atoms with Crippen LogP contribution < -0.4 is 5.32 Å². The summed E-state index contributed by atoms with van der Waals surface area (Å²) in [5.41, 5.74) is 2.07. The van der Waals surface area contributed by atoms with Gasteiger partial charge in [-0.25, -0.2) is 9.97 Å². The molecule has 0 radical (unpaired) electrons. The molecule has 0 spiro atoms. The van der Waals surface area contributed by atoms with Gasteiger partial charge in [-0.15, -0.1) is 0 Å². The van der Waals surface area contributed by atoms with Crippen LogP contribution in [0.5, 0.6) is 0 Å². The highest BCUT2D eigenvalue weighted by Crippen LogP contribution is 2.19. The lowest BCUT2D eigenvalue weighted by Crippen LogP contribution is -2.20. The molecule has 1 aliphatic heterocycles. The maximum Gasteiger partial charge on any atom is 0.223 e. The predicted octanol–water partition coefficient (Wildman–Crippen LogP) is 2.01. The Balaban J connectivity index is 2.07. The van der Waals surface area contributed by atoms with Gasteiger partial charge in [0, 0.05) is 23.2 Å². The molecule has 1 aromatic heterocycles. The van der Waals surface area contributed by atoms with Crippen molar-refractivity contribution in [1.82, 2.24) is 9.97 Å². The van der Waals surface area contributed by atoms with Crippen LogP contribution in [0.1, 0.15) is 17.8 Å². The van der Waals surface area contributed by atoms with Crippen molar-refractivity contribution in [3.05, 3.63) is 17.5 Å². The van der Waals surface area contributed by atoms with E-state index in [0.29, 0.717) is 6.04 Å². The highest BCUT2D eigenvalue weighted by Gasteiger charge is 2.15. The van der Waals surface area contributed by atoms with Crippen LogP contribution in [0.15, 0.2) is 6.07 Å². The summed E-state index contributed by atoms with van der Waals surface area (Å²) in [6.45, 7) is 4.01. The molecule has 0 bridgehead atoms. The lowest BCUT2D eigenvalue weighted by molar-refractivity contribution is 0.794. The third kappa shape index (κ3) is 2.38. The fourth-order valence-electron chi connectivity index (χ4n) is 1.62. The molecule has 0 aliphatic carbocycles. The molecule has 2 rings (SSSR count). The number of nitrogens with one attached hydrogen (secondary N) is 1. The van der Waals surface area contributed by atoms with E-state index in [4.69, 9.17) is 0 Å². The number of aromatic nitrogens is 2. The van der Waals surface area contributed by atoms with Crippen molar-refractivity contribution >= 4 is 17.7 Å². The molecule has 1 N–H and O–H groups in total. The molecule has 1 aliphatic rings. The molecule has 3 nitrogen and oxygen atoms in total. The first kappa shape index (κ1) is 9.77. The Labute approximate surface area is 88.7 Å². The fourth-order valence-corrected chi connectivity index (χ4v) is 2.77. The van der Waals surface area contributed by atoms with E-state index < -0.39 is 0 Å². The molecule has 1 aromatic rings. The van der Waals surface area contributed by atoms with Crippen LogP contribution in [0.25, 0.3) is 0 Å². The molecule has 2 heterocycles. The van der Waals surface area contributed by atoms with Crippen molar-refractivity contribution in [1.29, 1.82) is 0 Å². The largest absolute Gasteiger partial charge is 0.351 e. The number of hydrogen-bond donors (Lipinski definition) is 1. The Morgan fingerprint density at radius 2 is 2.07 bits per heavy atom. The zero-order chi connectivity index (χ0) is 9.97. The molecule has 1 saturated heterocycles. The van der Waals surface area contributed by atoms with Crippen molar-refractivity contribution in [3.8, 4) is 0 Å². The highest BCUT2D eigenvalue weighted by molar-refractivity contribution is 7.99. The lowest BCUT2D eigenvalue weighted by atomic mass is 10.3. The highest BCUT2D eigenvalue weighted by atomic mass is 32.2. The molecular formula is C10H15N3S. The quantitative estimate of drug-likeness (QED) is 0.808. The van der Waals surface area contributed by atoms with Gasteiger partial charge in [-0.1, -0.05) is 0 Å². The van der Waals surface area contributed by atoms with Crippen LogP contribution in [-0.2, 0) is 0 Å². The second-order valence-electron chi connectivity index (χ2n) is 3.68. The Hall–Kier alpha value is -0.770. The summed E-state index contributed by atoms with van der Waals surface area (Å²) >= 11 is 1.99. The number of aryl methyl sites for hydroxylation is 2. The second kappa shape index (κ2) is 4.17. The Morgan fingerprint density at radius 3 is 2.64 bits per heavy atom. The maximum absolute atomic E-state index is 4.37. The van der Waals surface area contributed by atoms with E-state index in [2.05, 4.69) is 15.3 Å². The summed E-state index contributed by atoms with van der Waals surface area (Å²) < 4.78 is 0. The number of rotatable bonds is 2. The summed E-state index contributed by atoms with van der Waals surface area (Å²) in [5.74, 6) is 3.22. The monoisotopic (exact) mass is 209 g/mol. The maximum atomic E-state index is 4.37. The number of thioether (sulfide) groups is 1. The van der Waals surface area contributed by atoms with E-state index in [0.717, 1.165) is 17.3 Å². The van der Waals surface area contributed by atoms with Crippen LogP contribution >= 0.6 is 11.8 Å². The van der Waals surface area contributed by atoms with E-state index in [1.54, 1.807) is 0 Å². The first-order chi connectivity index (χ1) is 6.74. The van der Waals surface area contributed by atoms with Gasteiger partial charge in [0.05, 0.1) is 0 Å². The van der Waals surface area contributed by atoms with Gasteiger partial charge in [-0.05, 0) is 32.1 Å². The summed E-state index contributed by atoms with van der Waals surface area (Å²) in [7, 11) is 0. The van der Waals surface area contributed by atoms with Gasteiger partial charge in [0.25, 0.3) is 0 Å². The van der Waals surface area contributed by atoms with Crippen LogP contribution in [0.4, 0.5) is 5.95 Å². The molecule has 0 saturated carbocycles. The van der Waals surface area contributed by atoms with E-state index >= 15 is 0 Å². The normalized spacial score (nSPS) is 21.1. The van der Waals surface area contributed by atoms with Crippen LogP contribution in [0.2, 0.25) is 0 Å². The molecule has 1 unspecified atom stereocenters. The van der Waals surface area contributed by atoms with E-state index in [-0.39, 0.29) is 0 Å². The standard InChI is InChI=1S/C10H15N3S/c1-7-5-8(2)12-10(11-7)13-9-3-4-14-6-9/h5,9H,3-4,6H2,1-2H3,(H,11,12,13). The number of anilines is 1. The van der Waals surface area contributed by atoms with Crippen molar-refractivity contribution in [2.24, 2.45) is 0 Å². The van der Waals surface area contributed by atoms with Crippen LogP contribution in [0.3, 0.4) is 0 Å². The van der Waals surface area contributed by atoms with Gasteiger partial charge in [0.2, 0.25) is 5.95 Å². The minimum absolute atomic E-state index is 0.557. The fraction of sp³-hybridized carbons (Fsp3) is 0.600. The average Bonchev–Trinajstić information content (AvgIpc) is 2.54. The van der Waals surface area contributed by atoms with E-state index in [1.807, 2.05) is 31.7 Å². The first-order valence-corrected chi connectivity index (χ1v) is 6.06. The number of hydrogen-bond acceptors (Lipinski definition) is 4. The van der Waals surface area contributed by atoms with E-state index in [1.165, 1.54) is 17.9 Å². The van der Waals surface area contributed by atoms with Gasteiger partial charge >= 0.3 is 0 Å². The van der Waals surface area contributed by atoms with Gasteiger partial charge < -0.3 is 5.32 Å². The second-order valence-corrected chi connectivity index (χ2v) is 4.83.